The summed E-state index contributed by atoms with van der Waals surface area (Å²) >= 11 is 0. The normalized spacial score (nSPS) is 9.40. The molecule has 0 atom stereocenters. The Labute approximate surface area is 90.9 Å². The molecule has 1 aromatic rings. The van der Waals surface area contributed by atoms with Crippen LogP contribution in [0.2, 0.25) is 0 Å². The first-order valence-corrected chi connectivity index (χ1v) is 5.09. The van der Waals surface area contributed by atoms with E-state index in [2.05, 4.69) is 5.92 Å². The highest BCUT2D eigenvalue weighted by Gasteiger charge is 2.14. The molecule has 0 aliphatic carbocycles. The van der Waals surface area contributed by atoms with Crippen molar-refractivity contribution < 1.29 is 4.79 Å². The van der Waals surface area contributed by atoms with Crippen LogP contribution in [0, 0.1) is 12.3 Å². The maximum Gasteiger partial charge on any atom is 0.255 e. The van der Waals surface area contributed by atoms with Gasteiger partial charge in [-0.3, -0.25) is 4.79 Å². The summed E-state index contributed by atoms with van der Waals surface area (Å²) in [5, 5.41) is 0. The number of hydrogen-bond donors (Lipinski definition) is 0. The van der Waals surface area contributed by atoms with Crippen LogP contribution in [0.3, 0.4) is 0 Å². The van der Waals surface area contributed by atoms with Crippen LogP contribution in [-0.4, -0.2) is 23.9 Å². The molecule has 0 unspecified atom stereocenters. The Morgan fingerprint density at radius 3 is 2.47 bits per heavy atom. The van der Waals surface area contributed by atoms with Crippen LogP contribution in [0.15, 0.2) is 24.3 Å². The zero-order chi connectivity index (χ0) is 11.3. The van der Waals surface area contributed by atoms with Gasteiger partial charge in [-0.1, -0.05) is 18.1 Å². The Balaban J connectivity index is 3.06. The maximum atomic E-state index is 12.0. The molecule has 2 nitrogen and oxygen atoms in total. The summed E-state index contributed by atoms with van der Waals surface area (Å²) in [5.74, 6) is 2.54. The molecule has 1 amide bonds. The number of hydrogen-bond acceptors (Lipinski definition) is 1. The van der Waals surface area contributed by atoms with Crippen molar-refractivity contribution in [2.45, 2.75) is 13.8 Å². The van der Waals surface area contributed by atoms with Crippen molar-refractivity contribution in [1.82, 2.24) is 4.90 Å². The van der Waals surface area contributed by atoms with Crippen LogP contribution < -0.4 is 0 Å². The predicted molar refractivity (Wildman–Crippen MR) is 61.6 cm³/mol. The minimum absolute atomic E-state index is 0.00792. The molecule has 0 spiro atoms. The van der Waals surface area contributed by atoms with Crippen molar-refractivity contribution in [3.05, 3.63) is 35.4 Å². The minimum Gasteiger partial charge on any atom is -0.339 e. The first-order chi connectivity index (χ1) is 7.24. The van der Waals surface area contributed by atoms with Gasteiger partial charge in [0.05, 0.1) is 5.56 Å². The lowest BCUT2D eigenvalue weighted by atomic mass is 10.1. The van der Waals surface area contributed by atoms with Gasteiger partial charge in [-0.05, 0) is 26.0 Å². The number of amides is 1. The van der Waals surface area contributed by atoms with E-state index in [-0.39, 0.29) is 5.91 Å². The van der Waals surface area contributed by atoms with Crippen molar-refractivity contribution in [3.8, 4) is 12.3 Å². The molecule has 0 heterocycles. The molecule has 0 saturated carbocycles. The van der Waals surface area contributed by atoms with E-state index in [1.165, 1.54) is 0 Å². The molecule has 1 aromatic carbocycles. The number of nitrogens with zero attached hydrogens (tertiary/aromatic N) is 1. The van der Waals surface area contributed by atoms with E-state index in [4.69, 9.17) is 6.42 Å². The molecular weight excluding hydrogens is 186 g/mol. The monoisotopic (exact) mass is 201 g/mol. The third-order valence-electron chi connectivity index (χ3n) is 2.36. The van der Waals surface area contributed by atoms with Crippen LogP contribution in [0.1, 0.15) is 29.8 Å². The highest BCUT2D eigenvalue weighted by atomic mass is 16.2. The fraction of sp³-hybridized carbons (Fsp3) is 0.308. The van der Waals surface area contributed by atoms with Gasteiger partial charge in [0.1, 0.15) is 0 Å². The van der Waals surface area contributed by atoms with Crippen molar-refractivity contribution in [2.24, 2.45) is 0 Å². The zero-order valence-electron chi connectivity index (χ0n) is 9.16. The highest BCUT2D eigenvalue weighted by Crippen LogP contribution is 2.10. The molecule has 0 N–H and O–H groups in total. The van der Waals surface area contributed by atoms with E-state index in [9.17, 15) is 4.79 Å². The summed E-state index contributed by atoms with van der Waals surface area (Å²) in [6.45, 7) is 5.32. The van der Waals surface area contributed by atoms with Crippen LogP contribution in [0.25, 0.3) is 0 Å². The van der Waals surface area contributed by atoms with Crippen LogP contribution >= 0.6 is 0 Å². The Bertz CT molecular complexity index is 386. The zero-order valence-corrected chi connectivity index (χ0v) is 9.16. The fourth-order valence-corrected chi connectivity index (χ4v) is 1.48. The molecule has 0 aromatic heterocycles. The van der Waals surface area contributed by atoms with E-state index in [1.807, 2.05) is 26.0 Å². The Kier molecular flexibility index (Phi) is 3.93. The summed E-state index contributed by atoms with van der Waals surface area (Å²) in [6, 6.07) is 7.23. The second kappa shape index (κ2) is 5.21. The van der Waals surface area contributed by atoms with Gasteiger partial charge in [-0.2, -0.15) is 0 Å². The molecule has 2 heteroatoms. The number of terminal acetylenes is 1. The Hall–Kier alpha value is -1.75. The number of carbonyl (C=O) groups is 1. The Morgan fingerprint density at radius 1 is 1.33 bits per heavy atom. The van der Waals surface area contributed by atoms with Gasteiger partial charge in [0.15, 0.2) is 0 Å². The van der Waals surface area contributed by atoms with Crippen LogP contribution in [0.4, 0.5) is 0 Å². The average molecular weight is 201 g/mol. The summed E-state index contributed by atoms with van der Waals surface area (Å²) in [5.41, 5.74) is 1.28. The second-order valence-corrected chi connectivity index (χ2v) is 3.17. The number of rotatable bonds is 3. The van der Waals surface area contributed by atoms with Crippen LogP contribution in [-0.2, 0) is 0 Å². The lowest BCUT2D eigenvalue weighted by Crippen LogP contribution is -2.30. The summed E-state index contributed by atoms with van der Waals surface area (Å²) in [6.07, 6.45) is 5.35. The van der Waals surface area contributed by atoms with Crippen LogP contribution in [0.5, 0.6) is 0 Å². The third kappa shape index (κ3) is 2.38. The minimum atomic E-state index is 0.00792. The first kappa shape index (κ1) is 11.3. The SMILES string of the molecule is C#Cc1ccccc1C(=O)N(CC)CC. The molecule has 78 valence electrons. The summed E-state index contributed by atoms with van der Waals surface area (Å²) < 4.78 is 0. The fourth-order valence-electron chi connectivity index (χ4n) is 1.48. The quantitative estimate of drug-likeness (QED) is 0.686. The Morgan fingerprint density at radius 2 is 1.93 bits per heavy atom. The maximum absolute atomic E-state index is 12.0. The predicted octanol–water partition coefficient (Wildman–Crippen LogP) is 2.15. The van der Waals surface area contributed by atoms with Crippen molar-refractivity contribution in [2.75, 3.05) is 13.1 Å². The van der Waals surface area contributed by atoms with Crippen molar-refractivity contribution >= 4 is 5.91 Å². The molecule has 0 saturated heterocycles. The average Bonchev–Trinajstić information content (AvgIpc) is 2.30. The summed E-state index contributed by atoms with van der Waals surface area (Å²) in [7, 11) is 0. The molecular formula is C13H15NO. The molecule has 0 aliphatic rings. The van der Waals surface area contributed by atoms with Gasteiger partial charge in [0.25, 0.3) is 5.91 Å². The van der Waals surface area contributed by atoms with Gasteiger partial charge in [-0.25, -0.2) is 0 Å². The third-order valence-corrected chi connectivity index (χ3v) is 2.36. The van der Waals surface area contributed by atoms with E-state index < -0.39 is 0 Å². The molecule has 0 radical (unpaired) electrons. The van der Waals surface area contributed by atoms with E-state index in [0.29, 0.717) is 24.2 Å². The number of benzene rings is 1. The molecule has 0 aliphatic heterocycles. The van der Waals surface area contributed by atoms with Gasteiger partial charge < -0.3 is 4.90 Å². The van der Waals surface area contributed by atoms with E-state index >= 15 is 0 Å². The van der Waals surface area contributed by atoms with E-state index in [0.717, 1.165) is 0 Å². The van der Waals surface area contributed by atoms with Crippen molar-refractivity contribution in [3.63, 3.8) is 0 Å². The first-order valence-electron chi connectivity index (χ1n) is 5.09. The molecule has 1 rings (SSSR count). The lowest BCUT2D eigenvalue weighted by Gasteiger charge is -2.19. The highest BCUT2D eigenvalue weighted by molar-refractivity contribution is 5.96. The number of carbonyl (C=O) groups excluding carboxylic acids is 1. The largest absolute Gasteiger partial charge is 0.339 e. The standard InChI is InChI=1S/C13H15NO/c1-4-11-9-7-8-10-12(11)13(15)14(5-2)6-3/h1,7-10H,5-6H2,2-3H3. The van der Waals surface area contributed by atoms with Gasteiger partial charge >= 0.3 is 0 Å². The smallest absolute Gasteiger partial charge is 0.255 e. The van der Waals surface area contributed by atoms with Gasteiger partial charge in [-0.15, -0.1) is 6.42 Å². The molecule has 15 heavy (non-hydrogen) atoms. The second-order valence-electron chi connectivity index (χ2n) is 3.17. The molecule has 0 fully saturated rings. The van der Waals surface area contributed by atoms with Crippen molar-refractivity contribution in [1.29, 1.82) is 0 Å². The summed E-state index contributed by atoms with van der Waals surface area (Å²) in [4.78, 5) is 13.8. The lowest BCUT2D eigenvalue weighted by molar-refractivity contribution is 0.0772. The van der Waals surface area contributed by atoms with Gasteiger partial charge in [0, 0.05) is 18.7 Å². The van der Waals surface area contributed by atoms with Gasteiger partial charge in [0.2, 0.25) is 0 Å². The van der Waals surface area contributed by atoms with E-state index in [1.54, 1.807) is 17.0 Å². The topological polar surface area (TPSA) is 20.3 Å². The molecule has 0 bridgehead atoms.